The first-order valence-electron chi connectivity index (χ1n) is 19.7. The summed E-state index contributed by atoms with van der Waals surface area (Å²) in [6, 6.07) is 75.7. The molecule has 12 rings (SSSR count). The van der Waals surface area contributed by atoms with Crippen molar-refractivity contribution in [3.63, 3.8) is 0 Å². The van der Waals surface area contributed by atoms with Crippen molar-refractivity contribution in [2.24, 2.45) is 0 Å². The number of benzene rings is 10. The van der Waals surface area contributed by atoms with Crippen molar-refractivity contribution in [1.29, 1.82) is 0 Å². The molecular weight excluding hydrogens is 741 g/mol. The third-order valence-electron chi connectivity index (χ3n) is 11.6. The summed E-state index contributed by atoms with van der Waals surface area (Å²) in [4.78, 5) is 4.80. The van der Waals surface area contributed by atoms with Crippen molar-refractivity contribution in [2.45, 2.75) is 0 Å². The van der Waals surface area contributed by atoms with E-state index in [9.17, 15) is 0 Å². The van der Waals surface area contributed by atoms with Crippen LogP contribution in [0.3, 0.4) is 0 Å². The van der Waals surface area contributed by atoms with E-state index in [0.717, 1.165) is 34.1 Å². The molecule has 0 aliphatic rings. The van der Waals surface area contributed by atoms with Gasteiger partial charge in [-0.3, -0.25) is 0 Å². The molecule has 2 nitrogen and oxygen atoms in total. The molecule has 0 unspecified atom stereocenters. The van der Waals surface area contributed by atoms with Crippen LogP contribution < -0.4 is 9.80 Å². The number of nitrogens with zero attached hydrogens (tertiary/aromatic N) is 2. The highest BCUT2D eigenvalue weighted by Gasteiger charge is 2.19. The van der Waals surface area contributed by atoms with Crippen molar-refractivity contribution in [3.8, 4) is 0 Å². The first-order valence-corrected chi connectivity index (χ1v) is 21.3. The fourth-order valence-electron chi connectivity index (χ4n) is 8.96. The smallest absolute Gasteiger partial charge is 0.0540 e. The molecule has 4 heteroatoms. The van der Waals surface area contributed by atoms with Crippen molar-refractivity contribution < 1.29 is 0 Å². The number of thiophene rings is 2. The Morgan fingerprint density at radius 1 is 0.241 bits per heavy atom. The molecule has 0 bridgehead atoms. The Hall–Kier alpha value is -6.98. The molecule has 0 aliphatic heterocycles. The molecule has 0 N–H and O–H groups in total. The van der Waals surface area contributed by atoms with Crippen molar-refractivity contribution >= 4 is 129 Å². The number of fused-ring (bicyclic) bond motifs is 11. The number of anilines is 6. The van der Waals surface area contributed by atoms with Gasteiger partial charge >= 0.3 is 0 Å². The molecule has 0 saturated heterocycles. The number of rotatable bonds is 6. The fourth-order valence-corrected chi connectivity index (χ4v) is 11.2. The minimum absolute atomic E-state index is 1.13. The minimum Gasteiger partial charge on any atom is -0.310 e. The first kappa shape index (κ1) is 33.2. The van der Waals surface area contributed by atoms with E-state index in [2.05, 4.69) is 216 Å². The molecule has 0 amide bonds. The van der Waals surface area contributed by atoms with E-state index >= 15 is 0 Å². The molecular formula is C54H34N2S2. The van der Waals surface area contributed by atoms with Crippen LogP contribution in [-0.2, 0) is 0 Å². The Kier molecular flexibility index (Phi) is 7.62. The lowest BCUT2D eigenvalue weighted by Crippen LogP contribution is -2.10. The van der Waals surface area contributed by atoms with Gasteiger partial charge in [-0.15, -0.1) is 22.7 Å². The highest BCUT2D eigenvalue weighted by atomic mass is 32.1. The first-order chi connectivity index (χ1) is 28.7. The second-order valence-electron chi connectivity index (χ2n) is 14.9. The summed E-state index contributed by atoms with van der Waals surface area (Å²) in [5, 5.41) is 12.7. The van der Waals surface area contributed by atoms with Gasteiger partial charge in [0.05, 0.1) is 5.69 Å². The van der Waals surface area contributed by atoms with Crippen LogP contribution in [-0.4, -0.2) is 0 Å². The normalized spacial score (nSPS) is 11.8. The maximum absolute atomic E-state index is 2.42. The van der Waals surface area contributed by atoms with Crippen molar-refractivity contribution in [2.75, 3.05) is 9.80 Å². The maximum atomic E-state index is 2.42. The van der Waals surface area contributed by atoms with Gasteiger partial charge in [0.1, 0.15) is 0 Å². The van der Waals surface area contributed by atoms with Crippen LogP contribution in [0.4, 0.5) is 34.1 Å². The lowest BCUT2D eigenvalue weighted by atomic mass is 9.95. The summed E-state index contributed by atoms with van der Waals surface area (Å²) in [5.74, 6) is 0. The quantitative estimate of drug-likeness (QED) is 0.155. The Morgan fingerprint density at radius 2 is 0.672 bits per heavy atom. The van der Waals surface area contributed by atoms with Crippen LogP contribution in [0, 0.1) is 0 Å². The average molecular weight is 775 g/mol. The van der Waals surface area contributed by atoms with E-state index in [1.54, 1.807) is 0 Å². The van der Waals surface area contributed by atoms with Crippen LogP contribution >= 0.6 is 22.7 Å². The van der Waals surface area contributed by atoms with E-state index in [1.165, 1.54) is 72.7 Å². The van der Waals surface area contributed by atoms with E-state index in [1.807, 2.05) is 22.7 Å². The lowest BCUT2D eigenvalue weighted by molar-refractivity contribution is 1.30. The van der Waals surface area contributed by atoms with Gasteiger partial charge in [-0.25, -0.2) is 0 Å². The Bertz CT molecular complexity index is 3530. The molecule has 0 spiro atoms. The zero-order valence-corrected chi connectivity index (χ0v) is 33.0. The van der Waals surface area contributed by atoms with Gasteiger partial charge < -0.3 is 9.80 Å². The monoisotopic (exact) mass is 774 g/mol. The largest absolute Gasteiger partial charge is 0.310 e. The fraction of sp³-hybridized carbons (Fsp3) is 0. The molecule has 12 aromatic rings. The predicted molar refractivity (Wildman–Crippen MR) is 254 cm³/mol. The highest BCUT2D eigenvalue weighted by Crippen LogP contribution is 2.45. The van der Waals surface area contributed by atoms with Crippen LogP contribution in [0.1, 0.15) is 0 Å². The predicted octanol–water partition coefficient (Wildman–Crippen LogP) is 16.8. The third kappa shape index (κ3) is 5.30. The number of hydrogen-bond acceptors (Lipinski definition) is 4. The molecule has 0 atom stereocenters. The van der Waals surface area contributed by atoms with E-state index in [0.29, 0.717) is 0 Å². The van der Waals surface area contributed by atoms with Crippen LogP contribution in [0.25, 0.3) is 72.7 Å². The summed E-state index contributed by atoms with van der Waals surface area (Å²) in [6.45, 7) is 0. The standard InChI is InChI=1S/C54H34N2S2/c1-3-12-36(13-4-1)55(39-24-28-48-46-16-7-9-20-51(46)57-53(48)33-39)38-23-27-41-35(32-38)22-26-44-42-18-11-19-50(45(42)31-30-43(41)44)56(37-14-5-2-6-15-37)40-25-29-49-47-17-8-10-21-52(47)58-54(49)34-40/h1-34H. The molecule has 0 aliphatic carbocycles. The molecule has 58 heavy (non-hydrogen) atoms. The molecule has 0 radical (unpaired) electrons. The van der Waals surface area contributed by atoms with Gasteiger partial charge in [0.2, 0.25) is 0 Å². The van der Waals surface area contributed by atoms with Crippen LogP contribution in [0.15, 0.2) is 206 Å². The van der Waals surface area contributed by atoms with Gasteiger partial charge in [0.25, 0.3) is 0 Å². The molecule has 0 fully saturated rings. The highest BCUT2D eigenvalue weighted by molar-refractivity contribution is 7.26. The second-order valence-corrected chi connectivity index (χ2v) is 17.1. The third-order valence-corrected chi connectivity index (χ3v) is 13.9. The maximum Gasteiger partial charge on any atom is 0.0540 e. The Balaban J connectivity index is 0.991. The van der Waals surface area contributed by atoms with E-state index < -0.39 is 0 Å². The minimum atomic E-state index is 1.13. The van der Waals surface area contributed by atoms with Gasteiger partial charge in [-0.2, -0.15) is 0 Å². The van der Waals surface area contributed by atoms with Gasteiger partial charge in [0, 0.05) is 74.2 Å². The summed E-state index contributed by atoms with van der Waals surface area (Å²) >= 11 is 3.72. The summed E-state index contributed by atoms with van der Waals surface area (Å²) in [7, 11) is 0. The SMILES string of the molecule is c1ccc(N(c2ccc3c(ccc4c5cccc(N(c6ccccc6)c6ccc7c(c6)sc6ccccc67)c5ccc34)c2)c2ccc3c(c2)sc2ccccc23)cc1. The van der Waals surface area contributed by atoms with Crippen molar-refractivity contribution in [3.05, 3.63) is 206 Å². The zero-order chi connectivity index (χ0) is 38.2. The average Bonchev–Trinajstić information content (AvgIpc) is 3.85. The lowest BCUT2D eigenvalue weighted by Gasteiger charge is -2.27. The molecule has 0 saturated carbocycles. The van der Waals surface area contributed by atoms with Gasteiger partial charge in [-0.05, 0) is 106 Å². The summed E-state index contributed by atoms with van der Waals surface area (Å²) < 4.78 is 5.23. The van der Waals surface area contributed by atoms with Crippen molar-refractivity contribution in [1.82, 2.24) is 0 Å². The zero-order valence-electron chi connectivity index (χ0n) is 31.3. The second kappa shape index (κ2) is 13.3. The van der Waals surface area contributed by atoms with Crippen LogP contribution in [0.2, 0.25) is 0 Å². The van der Waals surface area contributed by atoms with Gasteiger partial charge in [-0.1, -0.05) is 127 Å². The van der Waals surface area contributed by atoms with E-state index in [-0.39, 0.29) is 0 Å². The summed E-state index contributed by atoms with van der Waals surface area (Å²) in [6.07, 6.45) is 0. The molecule has 10 aromatic carbocycles. The molecule has 272 valence electrons. The van der Waals surface area contributed by atoms with Gasteiger partial charge in [0.15, 0.2) is 0 Å². The molecule has 2 heterocycles. The topological polar surface area (TPSA) is 6.48 Å². The van der Waals surface area contributed by atoms with E-state index in [4.69, 9.17) is 0 Å². The number of para-hydroxylation sites is 2. The summed E-state index contributed by atoms with van der Waals surface area (Å²) in [5.41, 5.74) is 6.87. The number of hydrogen-bond donors (Lipinski definition) is 0. The Labute approximate surface area is 343 Å². The molecule has 2 aromatic heterocycles. The van der Waals surface area contributed by atoms with Crippen LogP contribution in [0.5, 0.6) is 0 Å². The Morgan fingerprint density at radius 3 is 1.33 bits per heavy atom.